The molecule has 0 bridgehead atoms. The fraction of sp³-hybridized carbons (Fsp3) is 0.571. The average molecular weight is 409 g/mol. The molecule has 1 aromatic carbocycles. The average Bonchev–Trinajstić information content (AvgIpc) is 2.59. The van der Waals surface area contributed by atoms with Crippen molar-refractivity contribution in [3.63, 3.8) is 0 Å². The van der Waals surface area contributed by atoms with E-state index in [0.717, 1.165) is 24.8 Å². The maximum atomic E-state index is 12.9. The van der Waals surface area contributed by atoms with Crippen LogP contribution in [0.1, 0.15) is 38.2 Å². The Morgan fingerprint density at radius 3 is 2.44 bits per heavy atom. The molecule has 1 aromatic rings. The van der Waals surface area contributed by atoms with E-state index >= 15 is 0 Å². The van der Waals surface area contributed by atoms with Crippen LogP contribution in [-0.4, -0.2) is 33.0 Å². The number of hydrogen-bond acceptors (Lipinski definition) is 4. The fourth-order valence-corrected chi connectivity index (χ4v) is 5.10. The molecule has 27 heavy (non-hydrogen) atoms. The number of ether oxygens (including phenoxy) is 1. The van der Waals surface area contributed by atoms with Gasteiger partial charge in [0.2, 0.25) is 7.37 Å². The van der Waals surface area contributed by atoms with Crippen molar-refractivity contribution in [3.05, 3.63) is 35.9 Å². The third-order valence-corrected chi connectivity index (χ3v) is 7.06. The van der Waals surface area contributed by atoms with Gasteiger partial charge in [-0.3, -0.25) is 9.36 Å². The van der Waals surface area contributed by atoms with Gasteiger partial charge in [-0.1, -0.05) is 56.4 Å². The number of benzene rings is 1. The molecule has 0 fully saturated rings. The lowest BCUT2D eigenvalue weighted by Gasteiger charge is -2.15. The van der Waals surface area contributed by atoms with Crippen molar-refractivity contribution in [2.24, 2.45) is 0 Å². The summed E-state index contributed by atoms with van der Waals surface area (Å²) in [5.41, 5.74) is 4.24. The van der Waals surface area contributed by atoms with E-state index in [0.29, 0.717) is 32.0 Å². The maximum Gasteiger partial charge on any atom is 0.306 e. The predicted molar refractivity (Wildman–Crippen MR) is 115 cm³/mol. The third-order valence-electron chi connectivity index (χ3n) is 3.77. The Balaban J connectivity index is 2.27. The zero-order chi connectivity index (χ0) is 20.2. The first-order valence-corrected chi connectivity index (χ1v) is 15.2. The van der Waals surface area contributed by atoms with E-state index in [1.54, 1.807) is 0 Å². The summed E-state index contributed by atoms with van der Waals surface area (Å²) in [7, 11) is -4.15. The second-order valence-corrected chi connectivity index (χ2v) is 15.0. The Labute approximate surface area is 165 Å². The summed E-state index contributed by atoms with van der Waals surface area (Å²) in [6.07, 6.45) is 3.60. The Kier molecular flexibility index (Phi) is 10.7. The lowest BCUT2D eigenvalue weighted by Crippen LogP contribution is -2.16. The number of hydrogen-bond donors (Lipinski definition) is 0. The predicted octanol–water partition coefficient (Wildman–Crippen LogP) is 5.49. The minimum absolute atomic E-state index is 0.187. The lowest BCUT2D eigenvalue weighted by molar-refractivity contribution is -0.145. The van der Waals surface area contributed by atoms with Crippen molar-refractivity contribution in [1.82, 2.24) is 0 Å². The van der Waals surface area contributed by atoms with Gasteiger partial charge in [0.25, 0.3) is 0 Å². The van der Waals surface area contributed by atoms with Gasteiger partial charge in [-0.2, -0.15) is 0 Å². The van der Waals surface area contributed by atoms with Gasteiger partial charge in [0.05, 0.1) is 12.8 Å². The van der Waals surface area contributed by atoms with Crippen LogP contribution < -0.4 is 0 Å². The highest BCUT2D eigenvalue weighted by molar-refractivity contribution is 7.59. The minimum atomic E-state index is -2.69. The molecule has 0 aliphatic carbocycles. The molecule has 0 amide bonds. The first kappa shape index (κ1) is 23.7. The van der Waals surface area contributed by atoms with Crippen molar-refractivity contribution in [1.29, 1.82) is 0 Å². The summed E-state index contributed by atoms with van der Waals surface area (Å²) in [5.74, 6) is 2.90. The molecule has 0 aliphatic rings. The molecular formula is C21H33O4PSi. The van der Waals surface area contributed by atoms with Crippen LogP contribution in [0.2, 0.25) is 19.6 Å². The molecule has 4 nitrogen and oxygen atoms in total. The van der Waals surface area contributed by atoms with Gasteiger partial charge in [-0.05, 0) is 25.3 Å². The molecule has 0 aliphatic heterocycles. The Hall–Kier alpha value is -1.34. The number of rotatable bonds is 11. The SMILES string of the molecule is CCOP(=O)(CC#C[Si](C)(C)C)CCCCCC(=O)OCc1ccccc1. The molecule has 0 heterocycles. The van der Waals surface area contributed by atoms with Gasteiger partial charge in [0.15, 0.2) is 0 Å². The highest BCUT2D eigenvalue weighted by Gasteiger charge is 2.21. The van der Waals surface area contributed by atoms with Gasteiger partial charge in [0, 0.05) is 12.6 Å². The van der Waals surface area contributed by atoms with E-state index < -0.39 is 15.4 Å². The molecule has 150 valence electrons. The molecule has 1 atom stereocenters. The van der Waals surface area contributed by atoms with E-state index in [1.807, 2.05) is 37.3 Å². The highest BCUT2D eigenvalue weighted by atomic mass is 31.2. The normalized spacial score (nSPS) is 13.3. The summed E-state index contributed by atoms with van der Waals surface area (Å²) in [4.78, 5) is 11.8. The van der Waals surface area contributed by atoms with Crippen molar-refractivity contribution < 1.29 is 18.6 Å². The molecular weight excluding hydrogens is 375 g/mol. The van der Waals surface area contributed by atoms with E-state index in [2.05, 4.69) is 31.1 Å². The zero-order valence-electron chi connectivity index (χ0n) is 17.1. The van der Waals surface area contributed by atoms with Gasteiger partial charge in [-0.15, -0.1) is 11.5 Å². The largest absolute Gasteiger partial charge is 0.461 e. The van der Waals surface area contributed by atoms with Crippen molar-refractivity contribution in [2.75, 3.05) is 18.9 Å². The highest BCUT2D eigenvalue weighted by Crippen LogP contribution is 2.47. The quantitative estimate of drug-likeness (QED) is 0.160. The van der Waals surface area contributed by atoms with Crippen LogP contribution in [0.3, 0.4) is 0 Å². The van der Waals surface area contributed by atoms with E-state index in [9.17, 15) is 9.36 Å². The smallest absolute Gasteiger partial charge is 0.306 e. The standard InChI is InChI=1S/C21H33O4PSi/c1-5-25-26(23,17-12-18-27(2,3)4)16-11-7-10-15-21(22)24-19-20-13-8-6-9-14-20/h6,8-9,13-14H,5,7,10-11,15-17,19H2,1-4H3. The molecule has 1 rings (SSSR count). The monoisotopic (exact) mass is 408 g/mol. The second-order valence-electron chi connectivity index (χ2n) is 7.62. The maximum absolute atomic E-state index is 12.9. The van der Waals surface area contributed by atoms with Crippen LogP contribution in [0.25, 0.3) is 0 Å². The first-order chi connectivity index (χ1) is 12.7. The molecule has 0 aromatic heterocycles. The van der Waals surface area contributed by atoms with Gasteiger partial charge in [0.1, 0.15) is 14.7 Å². The second kappa shape index (κ2) is 12.2. The topological polar surface area (TPSA) is 52.6 Å². The van der Waals surface area contributed by atoms with E-state index in [-0.39, 0.29) is 5.97 Å². The summed E-state index contributed by atoms with van der Waals surface area (Å²) < 4.78 is 23.7. The number of carbonyl (C=O) groups is 1. The van der Waals surface area contributed by atoms with Crippen LogP contribution >= 0.6 is 7.37 Å². The van der Waals surface area contributed by atoms with Gasteiger partial charge in [-0.25, -0.2) is 0 Å². The summed E-state index contributed by atoms with van der Waals surface area (Å²) in [6.45, 7) is 9.13. The molecule has 1 unspecified atom stereocenters. The lowest BCUT2D eigenvalue weighted by atomic mass is 10.2. The number of carbonyl (C=O) groups excluding carboxylic acids is 1. The molecule has 6 heteroatoms. The van der Waals surface area contributed by atoms with Crippen LogP contribution in [0.5, 0.6) is 0 Å². The molecule has 0 spiro atoms. The third kappa shape index (κ3) is 11.9. The van der Waals surface area contributed by atoms with Crippen LogP contribution in [-0.2, 0) is 25.2 Å². The number of esters is 1. The first-order valence-electron chi connectivity index (χ1n) is 9.66. The van der Waals surface area contributed by atoms with Gasteiger partial charge < -0.3 is 9.26 Å². The molecule has 0 radical (unpaired) electrons. The van der Waals surface area contributed by atoms with Crippen molar-refractivity contribution in [2.45, 2.75) is 58.9 Å². The molecule has 0 N–H and O–H groups in total. The van der Waals surface area contributed by atoms with Crippen molar-refractivity contribution >= 4 is 21.4 Å². The fourth-order valence-electron chi connectivity index (χ4n) is 2.46. The number of unbranched alkanes of at least 4 members (excludes halogenated alkanes) is 2. The van der Waals surface area contributed by atoms with Gasteiger partial charge >= 0.3 is 5.97 Å². The van der Waals surface area contributed by atoms with E-state index in [1.165, 1.54) is 0 Å². The van der Waals surface area contributed by atoms with Crippen molar-refractivity contribution in [3.8, 4) is 11.5 Å². The van der Waals surface area contributed by atoms with Crippen LogP contribution in [0.4, 0.5) is 0 Å². The van der Waals surface area contributed by atoms with Crippen LogP contribution in [0.15, 0.2) is 30.3 Å². The molecule has 0 saturated carbocycles. The summed E-state index contributed by atoms with van der Waals surface area (Å²) in [6, 6.07) is 9.65. The Morgan fingerprint density at radius 2 is 1.81 bits per heavy atom. The molecule has 0 saturated heterocycles. The Bertz CT molecular complexity index is 671. The van der Waals surface area contributed by atoms with Crippen LogP contribution in [0, 0.1) is 11.5 Å². The van der Waals surface area contributed by atoms with E-state index in [4.69, 9.17) is 9.26 Å². The zero-order valence-corrected chi connectivity index (χ0v) is 19.0. The summed E-state index contributed by atoms with van der Waals surface area (Å²) >= 11 is 0. The minimum Gasteiger partial charge on any atom is -0.461 e. The Morgan fingerprint density at radius 1 is 1.11 bits per heavy atom. The summed E-state index contributed by atoms with van der Waals surface area (Å²) in [5, 5.41) is 0.